The van der Waals surface area contributed by atoms with Crippen LogP contribution in [0.2, 0.25) is 0 Å². The minimum Gasteiger partial charge on any atom is -0.494 e. The maximum atomic E-state index is 13.7. The van der Waals surface area contributed by atoms with Crippen molar-refractivity contribution >= 4 is 11.0 Å². The summed E-state index contributed by atoms with van der Waals surface area (Å²) in [5, 5.41) is 0. The molecular formula is C16H15FN2O. The van der Waals surface area contributed by atoms with Crippen molar-refractivity contribution in [2.75, 3.05) is 7.11 Å². The van der Waals surface area contributed by atoms with Crippen LogP contribution in [0.3, 0.4) is 0 Å². The van der Waals surface area contributed by atoms with E-state index < -0.39 is 0 Å². The summed E-state index contributed by atoms with van der Waals surface area (Å²) in [6.07, 6.45) is 0.974. The summed E-state index contributed by atoms with van der Waals surface area (Å²) in [7, 11) is 1.45. The van der Waals surface area contributed by atoms with Gasteiger partial charge in [0, 0.05) is 5.56 Å². The van der Waals surface area contributed by atoms with Gasteiger partial charge in [0.2, 0.25) is 0 Å². The normalized spacial score (nSPS) is 10.9. The van der Waals surface area contributed by atoms with Crippen LogP contribution in [0.5, 0.6) is 5.75 Å². The number of aromatic amines is 1. The summed E-state index contributed by atoms with van der Waals surface area (Å²) >= 11 is 0. The van der Waals surface area contributed by atoms with E-state index >= 15 is 0 Å². The molecule has 0 unspecified atom stereocenters. The highest BCUT2D eigenvalue weighted by Crippen LogP contribution is 2.25. The van der Waals surface area contributed by atoms with Gasteiger partial charge in [0.1, 0.15) is 5.82 Å². The number of methoxy groups -OCH3 is 1. The van der Waals surface area contributed by atoms with Crippen LogP contribution in [0, 0.1) is 5.82 Å². The van der Waals surface area contributed by atoms with E-state index in [1.54, 1.807) is 12.1 Å². The monoisotopic (exact) mass is 270 g/mol. The summed E-state index contributed by atoms with van der Waals surface area (Å²) in [6.45, 7) is 2.11. The number of hydrogen-bond donors (Lipinski definition) is 1. The maximum Gasteiger partial charge on any atom is 0.165 e. The van der Waals surface area contributed by atoms with Crippen molar-refractivity contribution in [3.63, 3.8) is 0 Å². The lowest BCUT2D eigenvalue weighted by Gasteiger charge is -2.02. The number of rotatable bonds is 3. The van der Waals surface area contributed by atoms with Crippen molar-refractivity contribution in [1.29, 1.82) is 0 Å². The second-order valence-corrected chi connectivity index (χ2v) is 4.64. The van der Waals surface area contributed by atoms with Crippen LogP contribution in [0.4, 0.5) is 4.39 Å². The highest BCUT2D eigenvalue weighted by molar-refractivity contribution is 5.80. The number of H-pyrrole nitrogens is 1. The van der Waals surface area contributed by atoms with Crippen LogP contribution in [0.25, 0.3) is 22.4 Å². The van der Waals surface area contributed by atoms with Gasteiger partial charge in [0.25, 0.3) is 0 Å². The number of aromatic nitrogens is 2. The molecular weight excluding hydrogens is 255 g/mol. The van der Waals surface area contributed by atoms with E-state index in [-0.39, 0.29) is 11.6 Å². The van der Waals surface area contributed by atoms with Crippen molar-refractivity contribution in [2.45, 2.75) is 13.3 Å². The molecule has 0 bridgehead atoms. The van der Waals surface area contributed by atoms with Crippen molar-refractivity contribution in [1.82, 2.24) is 9.97 Å². The third-order valence-electron chi connectivity index (χ3n) is 3.38. The highest BCUT2D eigenvalue weighted by atomic mass is 19.1. The molecule has 0 amide bonds. The van der Waals surface area contributed by atoms with Crippen LogP contribution >= 0.6 is 0 Å². The van der Waals surface area contributed by atoms with Crippen molar-refractivity contribution in [2.24, 2.45) is 0 Å². The Kier molecular flexibility index (Phi) is 3.14. The Balaban J connectivity index is 2.07. The fourth-order valence-corrected chi connectivity index (χ4v) is 2.23. The first kappa shape index (κ1) is 12.7. The van der Waals surface area contributed by atoms with Gasteiger partial charge >= 0.3 is 0 Å². The number of aryl methyl sites for hydroxylation is 1. The Morgan fingerprint density at radius 1 is 1.20 bits per heavy atom. The van der Waals surface area contributed by atoms with Gasteiger partial charge in [-0.1, -0.05) is 13.0 Å². The number of nitrogens with zero attached hydrogens (tertiary/aromatic N) is 1. The van der Waals surface area contributed by atoms with Gasteiger partial charge in [0.05, 0.1) is 18.1 Å². The van der Waals surface area contributed by atoms with Crippen LogP contribution in [-0.2, 0) is 6.42 Å². The van der Waals surface area contributed by atoms with Gasteiger partial charge in [-0.2, -0.15) is 0 Å². The van der Waals surface area contributed by atoms with Crippen LogP contribution < -0.4 is 4.74 Å². The molecule has 0 atom stereocenters. The zero-order valence-corrected chi connectivity index (χ0v) is 11.4. The lowest BCUT2D eigenvalue weighted by Crippen LogP contribution is -1.89. The number of ether oxygens (including phenoxy) is 1. The molecule has 1 heterocycles. The number of fused-ring (bicyclic) bond motifs is 1. The van der Waals surface area contributed by atoms with E-state index in [1.165, 1.54) is 18.7 Å². The summed E-state index contributed by atoms with van der Waals surface area (Å²) in [6, 6.07) is 10.9. The lowest BCUT2D eigenvalue weighted by molar-refractivity contribution is 0.386. The number of halogens is 1. The SMILES string of the molecule is CCc1ccc2nc(-c3ccc(OC)c(F)c3)[nH]c2c1. The molecule has 2 aromatic carbocycles. The Morgan fingerprint density at radius 3 is 2.75 bits per heavy atom. The first-order chi connectivity index (χ1) is 9.71. The van der Waals surface area contributed by atoms with Gasteiger partial charge in [-0.25, -0.2) is 9.37 Å². The van der Waals surface area contributed by atoms with Crippen molar-refractivity contribution in [3.8, 4) is 17.1 Å². The fourth-order valence-electron chi connectivity index (χ4n) is 2.23. The molecule has 0 saturated heterocycles. The summed E-state index contributed by atoms with van der Waals surface area (Å²) in [4.78, 5) is 7.72. The van der Waals surface area contributed by atoms with Gasteiger partial charge in [-0.15, -0.1) is 0 Å². The van der Waals surface area contributed by atoms with E-state index in [1.807, 2.05) is 6.07 Å². The summed E-state index contributed by atoms with van der Waals surface area (Å²) < 4.78 is 18.7. The topological polar surface area (TPSA) is 37.9 Å². The van der Waals surface area contributed by atoms with Gasteiger partial charge in [-0.05, 0) is 42.3 Å². The minimum atomic E-state index is -0.389. The predicted octanol–water partition coefficient (Wildman–Crippen LogP) is 3.94. The average molecular weight is 270 g/mol. The molecule has 0 saturated carbocycles. The van der Waals surface area contributed by atoms with Gasteiger partial charge in [0.15, 0.2) is 11.6 Å². The highest BCUT2D eigenvalue weighted by Gasteiger charge is 2.09. The number of imidazole rings is 1. The third kappa shape index (κ3) is 2.13. The van der Waals surface area contributed by atoms with Crippen LogP contribution in [0.15, 0.2) is 36.4 Å². The molecule has 4 heteroatoms. The fraction of sp³-hybridized carbons (Fsp3) is 0.188. The summed E-state index contributed by atoms with van der Waals surface area (Å²) in [5.41, 5.74) is 3.80. The Bertz CT molecular complexity index is 764. The average Bonchev–Trinajstić information content (AvgIpc) is 2.89. The molecule has 3 aromatic rings. The zero-order chi connectivity index (χ0) is 14.1. The molecule has 102 valence electrons. The van der Waals surface area contributed by atoms with E-state index in [2.05, 4.69) is 29.0 Å². The van der Waals surface area contributed by atoms with Gasteiger partial charge in [-0.3, -0.25) is 0 Å². The minimum absolute atomic E-state index is 0.234. The Labute approximate surface area is 116 Å². The molecule has 0 spiro atoms. The zero-order valence-electron chi connectivity index (χ0n) is 11.4. The molecule has 1 N–H and O–H groups in total. The first-order valence-electron chi connectivity index (χ1n) is 6.54. The molecule has 0 aliphatic carbocycles. The largest absolute Gasteiger partial charge is 0.494 e. The van der Waals surface area contributed by atoms with Gasteiger partial charge < -0.3 is 9.72 Å². The number of nitrogens with one attached hydrogen (secondary N) is 1. The third-order valence-corrected chi connectivity index (χ3v) is 3.38. The Morgan fingerprint density at radius 2 is 2.05 bits per heavy atom. The number of hydrogen-bond acceptors (Lipinski definition) is 2. The van der Waals surface area contributed by atoms with Crippen molar-refractivity contribution in [3.05, 3.63) is 47.8 Å². The molecule has 0 aliphatic heterocycles. The molecule has 0 radical (unpaired) electrons. The molecule has 0 aliphatic rings. The second-order valence-electron chi connectivity index (χ2n) is 4.64. The maximum absolute atomic E-state index is 13.7. The molecule has 20 heavy (non-hydrogen) atoms. The van der Waals surface area contributed by atoms with E-state index in [0.29, 0.717) is 11.4 Å². The quantitative estimate of drug-likeness (QED) is 0.782. The molecule has 3 rings (SSSR count). The van der Waals surface area contributed by atoms with E-state index in [0.717, 1.165) is 17.5 Å². The molecule has 0 fully saturated rings. The van der Waals surface area contributed by atoms with Crippen LogP contribution in [0.1, 0.15) is 12.5 Å². The predicted molar refractivity (Wildman–Crippen MR) is 77.4 cm³/mol. The van der Waals surface area contributed by atoms with E-state index in [4.69, 9.17) is 4.74 Å². The van der Waals surface area contributed by atoms with Crippen molar-refractivity contribution < 1.29 is 9.13 Å². The van der Waals surface area contributed by atoms with E-state index in [9.17, 15) is 4.39 Å². The summed E-state index contributed by atoms with van der Waals surface area (Å²) in [5.74, 6) is 0.507. The lowest BCUT2D eigenvalue weighted by atomic mass is 10.1. The molecule has 3 nitrogen and oxygen atoms in total. The van der Waals surface area contributed by atoms with Crippen LogP contribution in [-0.4, -0.2) is 17.1 Å². The molecule has 1 aromatic heterocycles. The second kappa shape index (κ2) is 4.96. The smallest absolute Gasteiger partial charge is 0.165 e. The standard InChI is InChI=1S/C16H15FN2O/c1-3-10-4-6-13-14(8-10)19-16(18-13)11-5-7-15(20-2)12(17)9-11/h4-9H,3H2,1-2H3,(H,18,19). The number of benzene rings is 2. The first-order valence-corrected chi connectivity index (χ1v) is 6.54. The Hall–Kier alpha value is -2.36.